The summed E-state index contributed by atoms with van der Waals surface area (Å²) in [5.41, 5.74) is 0.691. The lowest BCUT2D eigenvalue weighted by Crippen LogP contribution is -2.43. The van der Waals surface area contributed by atoms with Gasteiger partial charge in [0.1, 0.15) is 12.1 Å². The lowest BCUT2D eigenvalue weighted by atomic mass is 9.90. The van der Waals surface area contributed by atoms with Crippen LogP contribution in [0.4, 0.5) is 4.79 Å². The zero-order chi connectivity index (χ0) is 19.6. The molecule has 0 spiro atoms. The van der Waals surface area contributed by atoms with Gasteiger partial charge in [-0.05, 0) is 35.4 Å². The largest absolute Gasteiger partial charge is 0.350 e. The fourth-order valence-corrected chi connectivity index (χ4v) is 3.68. The van der Waals surface area contributed by atoms with Gasteiger partial charge in [0.25, 0.3) is 5.91 Å². The topological polar surface area (TPSA) is 78.5 Å². The molecule has 0 radical (unpaired) electrons. The van der Waals surface area contributed by atoms with E-state index in [2.05, 4.69) is 24.5 Å². The molecule has 142 valence electrons. The Balaban J connectivity index is 1.69. The Labute approximate surface area is 162 Å². The third kappa shape index (κ3) is 3.88. The number of imide groups is 1. The van der Waals surface area contributed by atoms with Crippen LogP contribution in [0.25, 0.3) is 0 Å². The van der Waals surface area contributed by atoms with Crippen LogP contribution in [0.2, 0.25) is 0 Å². The maximum Gasteiger partial charge on any atom is 0.325 e. The van der Waals surface area contributed by atoms with Gasteiger partial charge < -0.3 is 10.6 Å². The van der Waals surface area contributed by atoms with Crippen LogP contribution in [0.5, 0.6) is 0 Å². The molecule has 0 unspecified atom stereocenters. The molecular formula is C20H23N3O3S. The van der Waals surface area contributed by atoms with Gasteiger partial charge in [0.2, 0.25) is 5.91 Å². The molecule has 1 saturated heterocycles. The first-order valence-corrected chi connectivity index (χ1v) is 9.73. The number of nitrogens with zero attached hydrogens (tertiary/aromatic N) is 1. The molecule has 1 aliphatic heterocycles. The minimum Gasteiger partial charge on any atom is -0.350 e. The number of urea groups is 1. The van der Waals surface area contributed by atoms with E-state index in [0.717, 1.165) is 15.3 Å². The molecular weight excluding hydrogens is 362 g/mol. The monoisotopic (exact) mass is 385 g/mol. The second-order valence-corrected chi connectivity index (χ2v) is 8.11. The van der Waals surface area contributed by atoms with Gasteiger partial charge in [-0.2, -0.15) is 0 Å². The minimum absolute atomic E-state index is 0.296. The highest BCUT2D eigenvalue weighted by Crippen LogP contribution is 2.29. The Bertz CT molecular complexity index is 846. The number of amides is 4. The lowest BCUT2D eigenvalue weighted by molar-refractivity contribution is -0.134. The van der Waals surface area contributed by atoms with E-state index in [-0.39, 0.29) is 12.5 Å². The van der Waals surface area contributed by atoms with Crippen LogP contribution in [0.15, 0.2) is 41.8 Å². The molecule has 7 heteroatoms. The van der Waals surface area contributed by atoms with Gasteiger partial charge >= 0.3 is 6.03 Å². The number of rotatable bonds is 6. The Morgan fingerprint density at radius 2 is 1.93 bits per heavy atom. The maximum atomic E-state index is 12.9. The first-order valence-electron chi connectivity index (χ1n) is 8.85. The highest BCUT2D eigenvalue weighted by Gasteiger charge is 2.49. The van der Waals surface area contributed by atoms with Crippen molar-refractivity contribution in [1.29, 1.82) is 0 Å². The number of hydrogen-bond acceptors (Lipinski definition) is 4. The summed E-state index contributed by atoms with van der Waals surface area (Å²) in [5.74, 6) is -0.411. The molecule has 1 atom stereocenters. The number of nitrogens with one attached hydrogen (secondary N) is 2. The molecule has 27 heavy (non-hydrogen) atoms. The molecule has 2 aromatic rings. The van der Waals surface area contributed by atoms with Crippen LogP contribution in [0.1, 0.15) is 42.7 Å². The molecule has 0 bridgehead atoms. The Morgan fingerprint density at radius 1 is 1.22 bits per heavy atom. The van der Waals surface area contributed by atoms with Crippen LogP contribution >= 0.6 is 11.3 Å². The van der Waals surface area contributed by atoms with E-state index in [1.807, 2.05) is 41.8 Å². The van der Waals surface area contributed by atoms with E-state index < -0.39 is 17.5 Å². The van der Waals surface area contributed by atoms with Crippen molar-refractivity contribution in [2.24, 2.45) is 0 Å². The summed E-state index contributed by atoms with van der Waals surface area (Å²) in [7, 11) is 0. The molecule has 1 aromatic carbocycles. The van der Waals surface area contributed by atoms with E-state index in [0.29, 0.717) is 18.0 Å². The zero-order valence-corrected chi connectivity index (χ0v) is 16.4. The van der Waals surface area contributed by atoms with Crippen molar-refractivity contribution in [3.8, 4) is 0 Å². The van der Waals surface area contributed by atoms with Gasteiger partial charge in [-0.1, -0.05) is 44.2 Å². The molecule has 1 aliphatic rings. The molecule has 3 rings (SSSR count). The van der Waals surface area contributed by atoms with Crippen LogP contribution < -0.4 is 10.6 Å². The van der Waals surface area contributed by atoms with Gasteiger partial charge in [-0.15, -0.1) is 11.3 Å². The zero-order valence-electron chi connectivity index (χ0n) is 15.6. The quantitative estimate of drug-likeness (QED) is 0.751. The van der Waals surface area contributed by atoms with E-state index in [1.165, 1.54) is 11.3 Å². The van der Waals surface area contributed by atoms with Crippen molar-refractivity contribution in [3.63, 3.8) is 0 Å². The summed E-state index contributed by atoms with van der Waals surface area (Å²) in [4.78, 5) is 39.4. The number of carbonyl (C=O) groups excluding carboxylic acids is 3. The summed E-state index contributed by atoms with van der Waals surface area (Å²) < 4.78 is 0. The average molecular weight is 385 g/mol. The summed E-state index contributed by atoms with van der Waals surface area (Å²) in [5, 5.41) is 7.39. The third-order valence-electron chi connectivity index (χ3n) is 4.77. The van der Waals surface area contributed by atoms with Crippen molar-refractivity contribution in [2.75, 3.05) is 6.54 Å². The summed E-state index contributed by atoms with van der Waals surface area (Å²) in [6, 6.07) is 10.9. The summed E-state index contributed by atoms with van der Waals surface area (Å²) in [6.45, 7) is 5.94. The SMILES string of the molecule is CC(C)c1ccc([C@]2(C)NC(=O)N(CC(=O)NCc3cccs3)C2=O)cc1. The number of hydrogen-bond donors (Lipinski definition) is 2. The van der Waals surface area contributed by atoms with Gasteiger partial charge in [-0.25, -0.2) is 4.79 Å². The Morgan fingerprint density at radius 3 is 2.52 bits per heavy atom. The first-order chi connectivity index (χ1) is 12.8. The van der Waals surface area contributed by atoms with E-state index in [9.17, 15) is 14.4 Å². The smallest absolute Gasteiger partial charge is 0.325 e. The predicted molar refractivity (Wildman–Crippen MR) is 104 cm³/mol. The van der Waals surface area contributed by atoms with Crippen molar-refractivity contribution < 1.29 is 14.4 Å². The second-order valence-electron chi connectivity index (χ2n) is 7.08. The number of carbonyl (C=O) groups is 3. The Hall–Kier alpha value is -2.67. The maximum absolute atomic E-state index is 12.9. The highest BCUT2D eigenvalue weighted by atomic mass is 32.1. The molecule has 0 saturated carbocycles. The standard InChI is InChI=1S/C20H23N3O3S/c1-13(2)14-6-8-15(9-7-14)20(3)18(25)23(19(26)22-20)12-17(24)21-11-16-5-4-10-27-16/h4-10,13H,11-12H2,1-3H3,(H,21,24)(H,22,26)/t20-/m0/s1. The molecule has 2 heterocycles. The van der Waals surface area contributed by atoms with E-state index >= 15 is 0 Å². The van der Waals surface area contributed by atoms with Gasteiger partial charge in [-0.3, -0.25) is 14.5 Å². The van der Waals surface area contributed by atoms with E-state index in [1.54, 1.807) is 6.92 Å². The molecule has 1 fully saturated rings. The van der Waals surface area contributed by atoms with Gasteiger partial charge in [0.15, 0.2) is 0 Å². The van der Waals surface area contributed by atoms with Gasteiger partial charge in [0.05, 0.1) is 6.54 Å². The predicted octanol–water partition coefficient (Wildman–Crippen LogP) is 2.95. The van der Waals surface area contributed by atoms with Crippen molar-refractivity contribution in [3.05, 3.63) is 57.8 Å². The lowest BCUT2D eigenvalue weighted by Gasteiger charge is -2.22. The average Bonchev–Trinajstić information content (AvgIpc) is 3.23. The van der Waals surface area contributed by atoms with Crippen molar-refractivity contribution in [2.45, 2.75) is 38.8 Å². The molecule has 0 aliphatic carbocycles. The van der Waals surface area contributed by atoms with Crippen LogP contribution in [0.3, 0.4) is 0 Å². The highest BCUT2D eigenvalue weighted by molar-refractivity contribution is 7.09. The molecule has 6 nitrogen and oxygen atoms in total. The molecule has 4 amide bonds. The number of benzene rings is 1. The van der Waals surface area contributed by atoms with E-state index in [4.69, 9.17) is 0 Å². The van der Waals surface area contributed by atoms with Gasteiger partial charge in [0, 0.05) is 4.88 Å². The normalized spacial score (nSPS) is 19.5. The molecule has 1 aromatic heterocycles. The van der Waals surface area contributed by atoms with Crippen LogP contribution in [-0.4, -0.2) is 29.3 Å². The third-order valence-corrected chi connectivity index (χ3v) is 5.65. The summed E-state index contributed by atoms with van der Waals surface area (Å²) in [6.07, 6.45) is 0. The minimum atomic E-state index is -1.17. The Kier molecular flexibility index (Phi) is 5.32. The first kappa shape index (κ1) is 19.1. The van der Waals surface area contributed by atoms with Crippen molar-refractivity contribution in [1.82, 2.24) is 15.5 Å². The fourth-order valence-electron chi connectivity index (χ4n) is 3.04. The molecule has 2 N–H and O–H groups in total. The van der Waals surface area contributed by atoms with Crippen molar-refractivity contribution >= 4 is 29.2 Å². The van der Waals surface area contributed by atoms with Crippen LogP contribution in [0, 0.1) is 0 Å². The number of thiophene rings is 1. The fraction of sp³-hybridized carbons (Fsp3) is 0.350. The van der Waals surface area contributed by atoms with Crippen LogP contribution in [-0.2, 0) is 21.7 Å². The second kappa shape index (κ2) is 7.52. The summed E-state index contributed by atoms with van der Waals surface area (Å²) >= 11 is 1.53.